The molecule has 5 heteroatoms. The van der Waals surface area contributed by atoms with Crippen molar-refractivity contribution in [3.8, 4) is 0 Å². The van der Waals surface area contributed by atoms with Crippen LogP contribution in [0.25, 0.3) is 0 Å². The Labute approximate surface area is 117 Å². The van der Waals surface area contributed by atoms with Crippen LogP contribution in [-0.4, -0.2) is 35.0 Å². The summed E-state index contributed by atoms with van der Waals surface area (Å²) < 4.78 is 12.8. The second-order valence-corrected chi connectivity index (χ2v) is 5.20. The van der Waals surface area contributed by atoms with Crippen molar-refractivity contribution >= 4 is 11.9 Å². The van der Waals surface area contributed by atoms with Crippen LogP contribution < -0.4 is 0 Å². The van der Waals surface area contributed by atoms with Gasteiger partial charge in [-0.05, 0) is 49.4 Å². The van der Waals surface area contributed by atoms with Crippen LogP contribution in [0, 0.1) is 11.7 Å². The Morgan fingerprint density at radius 1 is 1.30 bits per heavy atom. The topological polar surface area (TPSA) is 57.6 Å². The molecule has 1 amide bonds. The van der Waals surface area contributed by atoms with E-state index in [1.54, 1.807) is 4.90 Å². The van der Waals surface area contributed by atoms with E-state index in [1.165, 1.54) is 24.3 Å². The standard InChI is InChI=1S/C15H18FNO3/c16-13-6-4-12(5-7-13)15(20)17-9-1-2-11(10-17)3-8-14(18)19/h4-7,11H,1-3,8-10H2,(H,18,19)/t11-/m0/s1. The molecule has 1 heterocycles. The number of rotatable bonds is 4. The molecule has 1 aliphatic heterocycles. The number of carboxylic acid groups (broad SMARTS) is 1. The molecular weight excluding hydrogens is 261 g/mol. The number of halogens is 1. The number of carbonyl (C=O) groups is 2. The minimum Gasteiger partial charge on any atom is -0.481 e. The Bertz CT molecular complexity index is 486. The van der Waals surface area contributed by atoms with E-state index in [4.69, 9.17) is 5.11 Å². The maximum Gasteiger partial charge on any atom is 0.303 e. The van der Waals surface area contributed by atoms with Crippen LogP contribution in [0.1, 0.15) is 36.0 Å². The fraction of sp³-hybridized carbons (Fsp3) is 0.467. The van der Waals surface area contributed by atoms with Gasteiger partial charge in [-0.2, -0.15) is 0 Å². The highest BCUT2D eigenvalue weighted by molar-refractivity contribution is 5.94. The largest absolute Gasteiger partial charge is 0.481 e. The van der Waals surface area contributed by atoms with Gasteiger partial charge in [0.15, 0.2) is 0 Å². The molecule has 1 N–H and O–H groups in total. The molecule has 20 heavy (non-hydrogen) atoms. The normalized spacial score (nSPS) is 18.9. The molecular formula is C15H18FNO3. The lowest BCUT2D eigenvalue weighted by Gasteiger charge is -2.32. The van der Waals surface area contributed by atoms with Crippen LogP contribution in [0.4, 0.5) is 4.39 Å². The first-order valence-electron chi connectivity index (χ1n) is 6.83. The van der Waals surface area contributed by atoms with E-state index in [0.29, 0.717) is 25.1 Å². The fourth-order valence-corrected chi connectivity index (χ4v) is 2.59. The van der Waals surface area contributed by atoms with Gasteiger partial charge in [0.2, 0.25) is 0 Å². The van der Waals surface area contributed by atoms with Crippen LogP contribution in [0.2, 0.25) is 0 Å². The molecule has 0 aliphatic carbocycles. The highest BCUT2D eigenvalue weighted by Crippen LogP contribution is 2.22. The number of aliphatic carboxylic acids is 1. The van der Waals surface area contributed by atoms with Crippen LogP contribution in [-0.2, 0) is 4.79 Å². The van der Waals surface area contributed by atoms with Gasteiger partial charge in [-0.25, -0.2) is 4.39 Å². The molecule has 0 unspecified atom stereocenters. The molecule has 0 spiro atoms. The molecule has 0 radical (unpaired) electrons. The summed E-state index contributed by atoms with van der Waals surface area (Å²) in [4.78, 5) is 24.6. The number of hydrogen-bond acceptors (Lipinski definition) is 2. The Hall–Kier alpha value is -1.91. The van der Waals surface area contributed by atoms with Crippen molar-refractivity contribution in [2.75, 3.05) is 13.1 Å². The summed E-state index contributed by atoms with van der Waals surface area (Å²) in [6, 6.07) is 5.52. The van der Waals surface area contributed by atoms with E-state index in [1.807, 2.05) is 0 Å². The van der Waals surface area contributed by atoms with Crippen molar-refractivity contribution in [1.82, 2.24) is 4.90 Å². The number of benzene rings is 1. The van der Waals surface area contributed by atoms with Gasteiger partial charge in [-0.15, -0.1) is 0 Å². The van der Waals surface area contributed by atoms with Crippen LogP contribution in [0.3, 0.4) is 0 Å². The average molecular weight is 279 g/mol. The SMILES string of the molecule is O=C(O)CC[C@@H]1CCCN(C(=O)c2ccc(F)cc2)C1. The van der Waals surface area contributed by atoms with Gasteiger partial charge in [0.1, 0.15) is 5.82 Å². The lowest BCUT2D eigenvalue weighted by molar-refractivity contribution is -0.137. The highest BCUT2D eigenvalue weighted by Gasteiger charge is 2.24. The smallest absolute Gasteiger partial charge is 0.303 e. The van der Waals surface area contributed by atoms with Gasteiger partial charge < -0.3 is 10.0 Å². The molecule has 0 saturated carbocycles. The lowest BCUT2D eigenvalue weighted by atomic mass is 9.93. The van der Waals surface area contributed by atoms with Gasteiger partial charge in [-0.1, -0.05) is 0 Å². The van der Waals surface area contributed by atoms with E-state index in [-0.39, 0.29) is 24.1 Å². The van der Waals surface area contributed by atoms with Crippen molar-refractivity contribution in [2.24, 2.45) is 5.92 Å². The molecule has 1 aromatic rings. The highest BCUT2D eigenvalue weighted by atomic mass is 19.1. The summed E-state index contributed by atoms with van der Waals surface area (Å²) in [7, 11) is 0. The summed E-state index contributed by atoms with van der Waals surface area (Å²) in [5.74, 6) is -1.03. The van der Waals surface area contributed by atoms with Crippen LogP contribution >= 0.6 is 0 Å². The van der Waals surface area contributed by atoms with E-state index in [0.717, 1.165) is 12.8 Å². The van der Waals surface area contributed by atoms with Crippen molar-refractivity contribution in [1.29, 1.82) is 0 Å². The number of piperidine rings is 1. The second-order valence-electron chi connectivity index (χ2n) is 5.20. The number of amides is 1. The zero-order valence-corrected chi connectivity index (χ0v) is 11.2. The molecule has 0 aromatic heterocycles. The summed E-state index contributed by atoms with van der Waals surface area (Å²) in [5.41, 5.74) is 0.477. The van der Waals surface area contributed by atoms with Gasteiger partial charge >= 0.3 is 5.97 Å². The van der Waals surface area contributed by atoms with E-state index < -0.39 is 5.97 Å². The van der Waals surface area contributed by atoms with Gasteiger partial charge in [0, 0.05) is 25.1 Å². The predicted molar refractivity (Wildman–Crippen MR) is 71.9 cm³/mol. The first kappa shape index (κ1) is 14.5. The molecule has 108 valence electrons. The summed E-state index contributed by atoms with van der Waals surface area (Å²) >= 11 is 0. The number of hydrogen-bond donors (Lipinski definition) is 1. The zero-order valence-electron chi connectivity index (χ0n) is 11.2. The number of carbonyl (C=O) groups excluding carboxylic acids is 1. The van der Waals surface area contributed by atoms with Gasteiger partial charge in [-0.3, -0.25) is 9.59 Å². The molecule has 0 bridgehead atoms. The van der Waals surface area contributed by atoms with Crippen molar-refractivity contribution in [3.63, 3.8) is 0 Å². The molecule has 4 nitrogen and oxygen atoms in total. The first-order valence-corrected chi connectivity index (χ1v) is 6.83. The minimum absolute atomic E-state index is 0.106. The number of carboxylic acids is 1. The van der Waals surface area contributed by atoms with Gasteiger partial charge in [0.05, 0.1) is 0 Å². The molecule has 1 aromatic carbocycles. The first-order chi connectivity index (χ1) is 9.56. The van der Waals surface area contributed by atoms with Crippen molar-refractivity contribution < 1.29 is 19.1 Å². The van der Waals surface area contributed by atoms with E-state index >= 15 is 0 Å². The number of nitrogens with zero attached hydrogens (tertiary/aromatic N) is 1. The summed E-state index contributed by atoms with van der Waals surface area (Å²) in [6.45, 7) is 1.27. The maximum absolute atomic E-state index is 12.8. The van der Waals surface area contributed by atoms with Gasteiger partial charge in [0.25, 0.3) is 5.91 Å². The molecule has 1 saturated heterocycles. The zero-order chi connectivity index (χ0) is 14.5. The molecule has 1 atom stereocenters. The summed E-state index contributed by atoms with van der Waals surface area (Å²) in [5, 5.41) is 8.71. The predicted octanol–water partition coefficient (Wildman–Crippen LogP) is 2.54. The fourth-order valence-electron chi connectivity index (χ4n) is 2.59. The third-order valence-electron chi connectivity index (χ3n) is 3.66. The minimum atomic E-state index is -0.799. The second kappa shape index (κ2) is 6.50. The van der Waals surface area contributed by atoms with Crippen molar-refractivity contribution in [3.05, 3.63) is 35.6 Å². The Morgan fingerprint density at radius 3 is 2.65 bits per heavy atom. The van der Waals surface area contributed by atoms with E-state index in [9.17, 15) is 14.0 Å². The summed E-state index contributed by atoms with van der Waals surface area (Å²) in [6.07, 6.45) is 2.59. The molecule has 1 fully saturated rings. The van der Waals surface area contributed by atoms with Crippen LogP contribution in [0.15, 0.2) is 24.3 Å². The third-order valence-corrected chi connectivity index (χ3v) is 3.66. The Balaban J connectivity index is 1.96. The molecule has 1 aliphatic rings. The Morgan fingerprint density at radius 2 is 2.00 bits per heavy atom. The third kappa shape index (κ3) is 3.79. The quantitative estimate of drug-likeness (QED) is 0.921. The lowest BCUT2D eigenvalue weighted by Crippen LogP contribution is -2.40. The monoisotopic (exact) mass is 279 g/mol. The average Bonchev–Trinajstić information content (AvgIpc) is 2.45. The van der Waals surface area contributed by atoms with Crippen molar-refractivity contribution in [2.45, 2.75) is 25.7 Å². The Kier molecular flexibility index (Phi) is 4.71. The number of likely N-dealkylation sites (tertiary alicyclic amines) is 1. The van der Waals surface area contributed by atoms with E-state index in [2.05, 4.69) is 0 Å². The maximum atomic E-state index is 12.8. The van der Waals surface area contributed by atoms with Crippen LogP contribution in [0.5, 0.6) is 0 Å². The molecule has 2 rings (SSSR count).